The van der Waals surface area contributed by atoms with Crippen molar-refractivity contribution in [3.05, 3.63) is 33.9 Å². The van der Waals surface area contributed by atoms with Crippen LogP contribution in [0, 0.1) is 17.0 Å². The third-order valence-corrected chi connectivity index (χ3v) is 2.92. The number of anilines is 1. The van der Waals surface area contributed by atoms with Gasteiger partial charge in [-0.25, -0.2) is 0 Å². The molecule has 0 amide bonds. The van der Waals surface area contributed by atoms with E-state index in [4.69, 9.17) is 0 Å². The maximum absolute atomic E-state index is 10.8. The molecule has 5 heteroatoms. The van der Waals surface area contributed by atoms with Gasteiger partial charge in [0.05, 0.1) is 11.0 Å². The van der Waals surface area contributed by atoms with Gasteiger partial charge in [0.1, 0.15) is 0 Å². The van der Waals surface area contributed by atoms with Crippen LogP contribution in [0.25, 0.3) is 0 Å². The van der Waals surface area contributed by atoms with Crippen LogP contribution in [0.3, 0.4) is 0 Å². The summed E-state index contributed by atoms with van der Waals surface area (Å²) in [5, 5.41) is 20.2. The molecule has 0 saturated carbocycles. The van der Waals surface area contributed by atoms with Gasteiger partial charge in [-0.15, -0.1) is 0 Å². The monoisotopic (exact) mass is 222 g/mol. The van der Waals surface area contributed by atoms with Gasteiger partial charge in [-0.2, -0.15) is 0 Å². The fraction of sp³-hybridized carbons (Fsp3) is 0.455. The molecule has 1 saturated heterocycles. The minimum Gasteiger partial charge on any atom is -0.391 e. The Bertz CT molecular complexity index is 420. The van der Waals surface area contributed by atoms with Gasteiger partial charge >= 0.3 is 0 Å². The van der Waals surface area contributed by atoms with Gasteiger partial charge in [0, 0.05) is 30.4 Å². The van der Waals surface area contributed by atoms with E-state index >= 15 is 0 Å². The predicted octanol–water partition coefficient (Wildman–Crippen LogP) is 1.47. The molecule has 86 valence electrons. The summed E-state index contributed by atoms with van der Waals surface area (Å²) in [7, 11) is 0. The van der Waals surface area contributed by atoms with Crippen molar-refractivity contribution in [2.45, 2.75) is 19.4 Å². The molecule has 1 aromatic carbocycles. The number of hydrogen-bond acceptors (Lipinski definition) is 4. The van der Waals surface area contributed by atoms with Crippen LogP contribution in [0.1, 0.15) is 12.0 Å². The van der Waals surface area contributed by atoms with Gasteiger partial charge < -0.3 is 10.0 Å². The number of rotatable bonds is 2. The third-order valence-electron chi connectivity index (χ3n) is 2.92. The molecule has 1 heterocycles. The highest BCUT2D eigenvalue weighted by molar-refractivity contribution is 5.57. The molecule has 5 nitrogen and oxygen atoms in total. The maximum Gasteiger partial charge on any atom is 0.274 e. The minimum atomic E-state index is -0.370. The van der Waals surface area contributed by atoms with E-state index in [0.29, 0.717) is 12.1 Å². The molecule has 0 spiro atoms. The first-order chi connectivity index (χ1) is 7.58. The Morgan fingerprint density at radius 3 is 2.88 bits per heavy atom. The Kier molecular flexibility index (Phi) is 2.78. The van der Waals surface area contributed by atoms with Gasteiger partial charge in [-0.3, -0.25) is 10.1 Å². The highest BCUT2D eigenvalue weighted by atomic mass is 16.6. The lowest BCUT2D eigenvalue weighted by atomic mass is 10.2. The second-order valence-electron chi connectivity index (χ2n) is 4.12. The first kappa shape index (κ1) is 10.9. The van der Waals surface area contributed by atoms with E-state index < -0.39 is 0 Å². The molecule has 1 fully saturated rings. The summed E-state index contributed by atoms with van der Waals surface area (Å²) in [6.07, 6.45) is 0.405. The van der Waals surface area contributed by atoms with Crippen LogP contribution in [-0.2, 0) is 0 Å². The highest BCUT2D eigenvalue weighted by Gasteiger charge is 2.22. The van der Waals surface area contributed by atoms with Gasteiger partial charge in [0.25, 0.3) is 5.69 Å². The number of nitro groups is 1. The third kappa shape index (κ3) is 1.99. The van der Waals surface area contributed by atoms with Crippen LogP contribution >= 0.6 is 0 Å². The van der Waals surface area contributed by atoms with Crippen LogP contribution < -0.4 is 4.90 Å². The Morgan fingerprint density at radius 2 is 2.31 bits per heavy atom. The first-order valence-electron chi connectivity index (χ1n) is 5.26. The molecular weight excluding hydrogens is 208 g/mol. The second kappa shape index (κ2) is 4.09. The van der Waals surface area contributed by atoms with Crippen molar-refractivity contribution >= 4 is 11.4 Å². The van der Waals surface area contributed by atoms with Crippen molar-refractivity contribution in [3.8, 4) is 0 Å². The van der Waals surface area contributed by atoms with E-state index in [9.17, 15) is 15.2 Å². The van der Waals surface area contributed by atoms with E-state index in [1.807, 2.05) is 11.0 Å². The fourth-order valence-electron chi connectivity index (χ4n) is 1.97. The summed E-state index contributed by atoms with van der Waals surface area (Å²) in [5.74, 6) is 0. The standard InChI is InChI=1S/C11H14N2O3/c1-8-2-3-9(6-11(8)13(15)16)12-5-4-10(14)7-12/h2-3,6,10,14H,4-5,7H2,1H3/t10-/m1/s1. The molecular formula is C11H14N2O3. The number of benzene rings is 1. The zero-order chi connectivity index (χ0) is 11.7. The number of aliphatic hydroxyl groups excluding tert-OH is 1. The van der Waals surface area contributed by atoms with Gasteiger partial charge in [0.15, 0.2) is 0 Å². The molecule has 0 aromatic heterocycles. The maximum atomic E-state index is 10.8. The van der Waals surface area contributed by atoms with Crippen LogP contribution in [-0.4, -0.2) is 29.2 Å². The minimum absolute atomic E-state index is 0.138. The van der Waals surface area contributed by atoms with Crippen molar-refractivity contribution in [1.82, 2.24) is 0 Å². The normalized spacial score (nSPS) is 20.1. The molecule has 0 unspecified atom stereocenters. The molecule has 1 atom stereocenters. The van der Waals surface area contributed by atoms with E-state index in [1.165, 1.54) is 0 Å². The summed E-state index contributed by atoms with van der Waals surface area (Å²) in [5.41, 5.74) is 1.61. The molecule has 1 aliphatic rings. The van der Waals surface area contributed by atoms with E-state index in [1.54, 1.807) is 19.1 Å². The molecule has 1 aromatic rings. The number of nitrogens with zero attached hydrogens (tertiary/aromatic N) is 2. The summed E-state index contributed by atoms with van der Waals surface area (Å²) < 4.78 is 0. The fourth-order valence-corrected chi connectivity index (χ4v) is 1.97. The summed E-state index contributed by atoms with van der Waals surface area (Å²) in [4.78, 5) is 12.4. The largest absolute Gasteiger partial charge is 0.391 e. The van der Waals surface area contributed by atoms with Gasteiger partial charge in [0.2, 0.25) is 0 Å². The summed E-state index contributed by atoms with van der Waals surface area (Å²) in [6, 6.07) is 5.19. The van der Waals surface area contributed by atoms with E-state index in [0.717, 1.165) is 18.7 Å². The topological polar surface area (TPSA) is 66.6 Å². The molecule has 1 aliphatic heterocycles. The predicted molar refractivity (Wildman–Crippen MR) is 60.7 cm³/mol. The lowest BCUT2D eigenvalue weighted by Crippen LogP contribution is -2.21. The molecule has 0 bridgehead atoms. The lowest BCUT2D eigenvalue weighted by Gasteiger charge is -2.17. The van der Waals surface area contributed by atoms with Gasteiger partial charge in [-0.1, -0.05) is 6.07 Å². The SMILES string of the molecule is Cc1ccc(N2CC[C@@H](O)C2)cc1[N+](=O)[O-]. The van der Waals surface area contributed by atoms with Crippen LogP contribution in [0.5, 0.6) is 0 Å². The molecule has 16 heavy (non-hydrogen) atoms. The Morgan fingerprint density at radius 1 is 1.56 bits per heavy atom. The number of aliphatic hydroxyl groups is 1. The van der Waals surface area contributed by atoms with Crippen molar-refractivity contribution in [3.63, 3.8) is 0 Å². The number of β-amino-alcohol motifs (C(OH)–C–C–N with tert-alkyl or cyclic N) is 1. The van der Waals surface area contributed by atoms with Crippen molar-refractivity contribution < 1.29 is 10.0 Å². The summed E-state index contributed by atoms with van der Waals surface area (Å²) in [6.45, 7) is 3.03. The van der Waals surface area contributed by atoms with Crippen LogP contribution in [0.4, 0.5) is 11.4 Å². The van der Waals surface area contributed by atoms with Gasteiger partial charge in [-0.05, 0) is 19.4 Å². The Labute approximate surface area is 93.5 Å². The van der Waals surface area contributed by atoms with E-state index in [2.05, 4.69) is 0 Å². The average Bonchev–Trinajstić information content (AvgIpc) is 2.65. The quantitative estimate of drug-likeness (QED) is 0.608. The zero-order valence-corrected chi connectivity index (χ0v) is 9.09. The Hall–Kier alpha value is -1.62. The number of hydrogen-bond donors (Lipinski definition) is 1. The molecule has 2 rings (SSSR count). The van der Waals surface area contributed by atoms with Crippen molar-refractivity contribution in [1.29, 1.82) is 0 Å². The second-order valence-corrected chi connectivity index (χ2v) is 4.12. The lowest BCUT2D eigenvalue weighted by molar-refractivity contribution is -0.385. The van der Waals surface area contributed by atoms with Crippen LogP contribution in [0.15, 0.2) is 18.2 Å². The molecule has 0 aliphatic carbocycles. The zero-order valence-electron chi connectivity index (χ0n) is 9.09. The average molecular weight is 222 g/mol. The first-order valence-corrected chi connectivity index (χ1v) is 5.26. The highest BCUT2D eigenvalue weighted by Crippen LogP contribution is 2.27. The van der Waals surface area contributed by atoms with Crippen molar-refractivity contribution in [2.24, 2.45) is 0 Å². The molecule has 0 radical (unpaired) electrons. The summed E-state index contributed by atoms with van der Waals surface area (Å²) >= 11 is 0. The van der Waals surface area contributed by atoms with E-state index in [-0.39, 0.29) is 16.7 Å². The number of aryl methyl sites for hydroxylation is 1. The van der Waals surface area contributed by atoms with Crippen LogP contribution in [0.2, 0.25) is 0 Å². The smallest absolute Gasteiger partial charge is 0.274 e. The Balaban J connectivity index is 2.29. The number of nitro benzene ring substituents is 1. The molecule has 1 N–H and O–H groups in total. The van der Waals surface area contributed by atoms with Crippen molar-refractivity contribution in [2.75, 3.05) is 18.0 Å².